The van der Waals surface area contributed by atoms with Crippen LogP contribution < -0.4 is 4.74 Å². The van der Waals surface area contributed by atoms with Crippen molar-refractivity contribution < 1.29 is 4.74 Å². The quantitative estimate of drug-likeness (QED) is 0.308. The lowest BCUT2D eigenvalue weighted by Crippen LogP contribution is -2.18. The van der Waals surface area contributed by atoms with Crippen LogP contribution in [-0.4, -0.2) is 12.5 Å². The van der Waals surface area contributed by atoms with E-state index in [-0.39, 0.29) is 5.41 Å². The third-order valence-corrected chi connectivity index (χ3v) is 3.57. The number of alkyl halides is 1. The molecule has 0 spiro atoms. The number of unbranched alkanes of at least 4 members (excludes halogenated alkanes) is 2. The summed E-state index contributed by atoms with van der Waals surface area (Å²) in [4.78, 5) is 0. The highest BCUT2D eigenvalue weighted by Crippen LogP contribution is 2.23. The van der Waals surface area contributed by atoms with Crippen LogP contribution in [0.1, 0.15) is 58.1 Å². The molecule has 0 saturated heterocycles. The highest BCUT2D eigenvalue weighted by atomic mass is 35.5. The molecule has 0 heterocycles. The standard InChI is InChI=1S/C15H22O.C5H11Cl/c1-6-9-15(4,5)11-16-14-10-12(2)7-8-13(14)3;1-2-3-4-5-6/h6-10H,11H2,1-5H3;2-5H2,1H3. The Labute approximate surface area is 142 Å². The van der Waals surface area contributed by atoms with Gasteiger partial charge in [-0.1, -0.05) is 57.9 Å². The smallest absolute Gasteiger partial charge is 0.122 e. The van der Waals surface area contributed by atoms with Crippen LogP contribution in [0.15, 0.2) is 30.4 Å². The van der Waals surface area contributed by atoms with Gasteiger partial charge in [0.2, 0.25) is 0 Å². The van der Waals surface area contributed by atoms with E-state index in [1.165, 1.54) is 30.4 Å². The van der Waals surface area contributed by atoms with E-state index in [1.54, 1.807) is 0 Å². The van der Waals surface area contributed by atoms with Crippen LogP contribution in [-0.2, 0) is 0 Å². The Morgan fingerprint density at radius 1 is 1.18 bits per heavy atom. The van der Waals surface area contributed by atoms with Crippen LogP contribution in [0.2, 0.25) is 0 Å². The summed E-state index contributed by atoms with van der Waals surface area (Å²) in [6, 6.07) is 6.31. The lowest BCUT2D eigenvalue weighted by atomic mass is 9.94. The summed E-state index contributed by atoms with van der Waals surface area (Å²) in [5.41, 5.74) is 2.52. The zero-order valence-electron chi connectivity index (χ0n) is 15.2. The van der Waals surface area contributed by atoms with Gasteiger partial charge < -0.3 is 4.74 Å². The van der Waals surface area contributed by atoms with Crippen molar-refractivity contribution in [3.8, 4) is 5.75 Å². The van der Waals surface area contributed by atoms with Crippen LogP contribution in [0.4, 0.5) is 0 Å². The van der Waals surface area contributed by atoms with Crippen LogP contribution in [0.25, 0.3) is 0 Å². The fraction of sp³-hybridized carbons (Fsp3) is 0.600. The van der Waals surface area contributed by atoms with Crippen LogP contribution in [0.5, 0.6) is 5.75 Å². The monoisotopic (exact) mass is 324 g/mol. The lowest BCUT2D eigenvalue weighted by Gasteiger charge is -2.21. The maximum atomic E-state index is 5.88. The molecule has 1 aromatic rings. The van der Waals surface area contributed by atoms with Crippen molar-refractivity contribution in [3.63, 3.8) is 0 Å². The first-order valence-electron chi connectivity index (χ1n) is 8.26. The van der Waals surface area contributed by atoms with E-state index in [2.05, 4.69) is 65.0 Å². The Bertz CT molecular complexity index is 431. The van der Waals surface area contributed by atoms with Crippen LogP contribution in [0.3, 0.4) is 0 Å². The van der Waals surface area contributed by atoms with Crippen molar-refractivity contribution in [1.29, 1.82) is 0 Å². The van der Waals surface area contributed by atoms with Gasteiger partial charge >= 0.3 is 0 Å². The predicted molar refractivity (Wildman–Crippen MR) is 100 cm³/mol. The fourth-order valence-corrected chi connectivity index (χ4v) is 2.16. The molecule has 0 saturated carbocycles. The Morgan fingerprint density at radius 2 is 1.86 bits per heavy atom. The minimum Gasteiger partial charge on any atom is -0.492 e. The predicted octanol–water partition coefficient (Wildman–Crippen LogP) is 6.70. The van der Waals surface area contributed by atoms with Crippen molar-refractivity contribution in [3.05, 3.63) is 41.5 Å². The molecule has 1 rings (SSSR count). The normalized spacial score (nSPS) is 11.2. The summed E-state index contributed by atoms with van der Waals surface area (Å²) in [6.07, 6.45) is 7.98. The summed E-state index contributed by atoms with van der Waals surface area (Å²) >= 11 is 5.38. The molecule has 2 heteroatoms. The first-order valence-corrected chi connectivity index (χ1v) is 8.79. The van der Waals surface area contributed by atoms with Gasteiger partial charge in [-0.25, -0.2) is 0 Å². The van der Waals surface area contributed by atoms with E-state index in [0.717, 1.165) is 11.6 Å². The van der Waals surface area contributed by atoms with Crippen molar-refractivity contribution in [1.82, 2.24) is 0 Å². The molecular formula is C20H33ClO. The minimum absolute atomic E-state index is 0.0882. The largest absolute Gasteiger partial charge is 0.492 e. The van der Waals surface area contributed by atoms with Gasteiger partial charge in [0.25, 0.3) is 0 Å². The Kier molecular flexibility index (Phi) is 11.1. The third-order valence-electron chi connectivity index (χ3n) is 3.30. The lowest BCUT2D eigenvalue weighted by molar-refractivity contribution is 0.220. The van der Waals surface area contributed by atoms with Crippen LogP contribution >= 0.6 is 11.6 Å². The minimum atomic E-state index is 0.0882. The maximum Gasteiger partial charge on any atom is 0.122 e. The topological polar surface area (TPSA) is 9.23 Å². The highest BCUT2D eigenvalue weighted by Gasteiger charge is 2.14. The first-order chi connectivity index (χ1) is 10.4. The zero-order valence-corrected chi connectivity index (χ0v) is 16.0. The molecule has 0 unspecified atom stereocenters. The van der Waals surface area contributed by atoms with Crippen molar-refractivity contribution in [2.45, 2.75) is 60.8 Å². The van der Waals surface area contributed by atoms with E-state index in [1.807, 2.05) is 6.92 Å². The first kappa shape index (κ1) is 21.0. The number of allylic oxidation sites excluding steroid dienone is 1. The number of halogens is 1. The van der Waals surface area contributed by atoms with E-state index < -0.39 is 0 Å². The molecule has 0 fully saturated rings. The molecule has 0 atom stereocenters. The molecule has 0 aliphatic carbocycles. The van der Waals surface area contributed by atoms with Gasteiger partial charge in [0.05, 0.1) is 6.61 Å². The summed E-state index contributed by atoms with van der Waals surface area (Å²) in [5, 5.41) is 0. The summed E-state index contributed by atoms with van der Waals surface area (Å²) < 4.78 is 5.88. The van der Waals surface area contributed by atoms with Gasteiger partial charge in [-0.2, -0.15) is 0 Å². The van der Waals surface area contributed by atoms with E-state index in [9.17, 15) is 0 Å². The Balaban J connectivity index is 0.000000626. The van der Waals surface area contributed by atoms with E-state index in [4.69, 9.17) is 16.3 Å². The third kappa shape index (κ3) is 9.89. The van der Waals surface area contributed by atoms with E-state index >= 15 is 0 Å². The average Bonchev–Trinajstić information content (AvgIpc) is 2.47. The molecular weight excluding hydrogens is 292 g/mol. The zero-order chi connectivity index (χ0) is 17.0. The molecule has 1 aromatic carbocycles. The molecule has 0 bridgehead atoms. The molecule has 0 aliphatic heterocycles. The average molecular weight is 325 g/mol. The number of rotatable bonds is 7. The van der Waals surface area contributed by atoms with Gasteiger partial charge in [-0.3, -0.25) is 0 Å². The fourth-order valence-electron chi connectivity index (χ4n) is 1.97. The number of hydrogen-bond acceptors (Lipinski definition) is 1. The molecule has 0 aromatic heterocycles. The SMILES string of the molecule is CC=CC(C)(C)COc1cc(C)ccc1C.CCCCCCl. The number of ether oxygens (including phenoxy) is 1. The number of hydrogen-bond donors (Lipinski definition) is 0. The van der Waals surface area contributed by atoms with Gasteiger partial charge in [-0.05, 0) is 44.4 Å². The molecule has 0 radical (unpaired) electrons. The number of benzene rings is 1. The van der Waals surface area contributed by atoms with Crippen LogP contribution in [0, 0.1) is 19.3 Å². The summed E-state index contributed by atoms with van der Waals surface area (Å²) in [6.45, 7) is 13.4. The van der Waals surface area contributed by atoms with E-state index in [0.29, 0.717) is 6.61 Å². The molecule has 22 heavy (non-hydrogen) atoms. The molecule has 0 aliphatic rings. The molecule has 0 N–H and O–H groups in total. The second kappa shape index (κ2) is 11.6. The van der Waals surface area contributed by atoms with Crippen molar-refractivity contribution in [2.75, 3.05) is 12.5 Å². The summed E-state index contributed by atoms with van der Waals surface area (Å²) in [7, 11) is 0. The second-order valence-corrected chi connectivity index (χ2v) is 6.82. The second-order valence-electron chi connectivity index (χ2n) is 6.44. The molecule has 0 amide bonds. The van der Waals surface area contributed by atoms with Gasteiger partial charge in [0.15, 0.2) is 0 Å². The van der Waals surface area contributed by atoms with Gasteiger partial charge in [-0.15, -0.1) is 11.6 Å². The highest BCUT2D eigenvalue weighted by molar-refractivity contribution is 6.17. The Morgan fingerprint density at radius 3 is 2.36 bits per heavy atom. The van der Waals surface area contributed by atoms with Crippen molar-refractivity contribution in [2.24, 2.45) is 5.41 Å². The maximum absolute atomic E-state index is 5.88. The van der Waals surface area contributed by atoms with Gasteiger partial charge in [0, 0.05) is 11.3 Å². The van der Waals surface area contributed by atoms with Crippen molar-refractivity contribution >= 4 is 11.6 Å². The molecule has 126 valence electrons. The summed E-state index contributed by atoms with van der Waals surface area (Å²) in [5.74, 6) is 1.82. The number of aryl methyl sites for hydroxylation is 2. The Hall–Kier alpha value is -0.950. The molecule has 1 nitrogen and oxygen atoms in total. The van der Waals surface area contributed by atoms with Gasteiger partial charge in [0.1, 0.15) is 5.75 Å².